The summed E-state index contributed by atoms with van der Waals surface area (Å²) in [5.74, 6) is -0.685. The van der Waals surface area contributed by atoms with Gasteiger partial charge in [-0.15, -0.1) is 0 Å². The Morgan fingerprint density at radius 2 is 2.33 bits per heavy atom. The Bertz CT molecular complexity index is 556. The van der Waals surface area contributed by atoms with Crippen molar-refractivity contribution in [2.75, 3.05) is 5.73 Å². The maximum absolute atomic E-state index is 13.0. The Hall–Kier alpha value is -2.51. The number of anilines is 1. The van der Waals surface area contributed by atoms with Crippen LogP contribution in [0.1, 0.15) is 29.1 Å². The standard InChI is InChI=1S/C10H11FN6O/c1-5(9-14-4-15-17-9)16-10(18)7-2-6(11)3-13-8(7)12/h2-5H,1H3,(H2,12,13)(H,16,18)(H,14,15,17). The second-order valence-corrected chi connectivity index (χ2v) is 3.65. The van der Waals surface area contributed by atoms with Crippen LogP contribution in [0.25, 0.3) is 0 Å². The average molecular weight is 250 g/mol. The predicted molar refractivity (Wildman–Crippen MR) is 60.9 cm³/mol. The number of halogens is 1. The molecule has 4 N–H and O–H groups in total. The molecular formula is C10H11FN6O. The molecule has 7 nitrogen and oxygen atoms in total. The zero-order valence-corrected chi connectivity index (χ0v) is 9.51. The van der Waals surface area contributed by atoms with Crippen molar-refractivity contribution in [3.63, 3.8) is 0 Å². The van der Waals surface area contributed by atoms with E-state index < -0.39 is 17.8 Å². The second kappa shape index (κ2) is 4.78. The highest BCUT2D eigenvalue weighted by Crippen LogP contribution is 2.12. The molecule has 0 bridgehead atoms. The SMILES string of the molecule is CC(NC(=O)c1cc(F)cnc1N)c1ncn[nH]1. The van der Waals surface area contributed by atoms with Crippen molar-refractivity contribution in [3.05, 3.63) is 35.8 Å². The van der Waals surface area contributed by atoms with Gasteiger partial charge in [-0.25, -0.2) is 14.4 Å². The molecule has 8 heteroatoms. The maximum atomic E-state index is 13.0. The molecule has 94 valence electrons. The summed E-state index contributed by atoms with van der Waals surface area (Å²) in [6.45, 7) is 1.71. The number of pyridine rings is 1. The Morgan fingerprint density at radius 1 is 1.56 bits per heavy atom. The number of nitrogens with two attached hydrogens (primary N) is 1. The van der Waals surface area contributed by atoms with Crippen molar-refractivity contribution in [2.24, 2.45) is 0 Å². The van der Waals surface area contributed by atoms with E-state index >= 15 is 0 Å². The van der Waals surface area contributed by atoms with E-state index in [1.165, 1.54) is 6.33 Å². The fraction of sp³-hybridized carbons (Fsp3) is 0.200. The summed E-state index contributed by atoms with van der Waals surface area (Å²) in [6.07, 6.45) is 2.28. The van der Waals surface area contributed by atoms with E-state index in [0.717, 1.165) is 12.3 Å². The quantitative estimate of drug-likeness (QED) is 0.731. The third-order valence-electron chi connectivity index (χ3n) is 2.32. The summed E-state index contributed by atoms with van der Waals surface area (Å²) in [5.41, 5.74) is 5.50. The largest absolute Gasteiger partial charge is 0.383 e. The number of nitrogens with zero attached hydrogens (tertiary/aromatic N) is 3. The first-order valence-electron chi connectivity index (χ1n) is 5.15. The lowest BCUT2D eigenvalue weighted by molar-refractivity contribution is 0.0938. The number of nitrogens with one attached hydrogen (secondary N) is 2. The minimum Gasteiger partial charge on any atom is -0.383 e. The monoisotopic (exact) mass is 250 g/mol. The number of H-pyrrole nitrogens is 1. The summed E-state index contributed by atoms with van der Waals surface area (Å²) < 4.78 is 13.0. The van der Waals surface area contributed by atoms with E-state index in [1.807, 2.05) is 0 Å². The van der Waals surface area contributed by atoms with Gasteiger partial charge >= 0.3 is 0 Å². The maximum Gasteiger partial charge on any atom is 0.255 e. The number of carbonyl (C=O) groups is 1. The van der Waals surface area contributed by atoms with Gasteiger partial charge in [0.1, 0.15) is 23.8 Å². The third-order valence-corrected chi connectivity index (χ3v) is 2.32. The first kappa shape index (κ1) is 12.0. The van der Waals surface area contributed by atoms with Gasteiger partial charge in [0.15, 0.2) is 0 Å². The van der Waals surface area contributed by atoms with Gasteiger partial charge in [-0.3, -0.25) is 9.89 Å². The van der Waals surface area contributed by atoms with Crippen LogP contribution in [-0.4, -0.2) is 26.1 Å². The van der Waals surface area contributed by atoms with Crippen molar-refractivity contribution in [1.82, 2.24) is 25.5 Å². The molecule has 1 unspecified atom stereocenters. The van der Waals surface area contributed by atoms with Gasteiger partial charge in [0, 0.05) is 0 Å². The normalized spacial score (nSPS) is 12.1. The Balaban J connectivity index is 2.15. The number of aromatic nitrogens is 4. The van der Waals surface area contributed by atoms with Gasteiger partial charge in [0.25, 0.3) is 5.91 Å². The molecule has 2 aromatic heterocycles. The minimum atomic E-state index is -0.623. The Labute approximate surface area is 102 Å². The van der Waals surface area contributed by atoms with E-state index in [-0.39, 0.29) is 11.4 Å². The van der Waals surface area contributed by atoms with Crippen LogP contribution in [0, 0.1) is 5.82 Å². The molecule has 0 saturated carbocycles. The molecule has 18 heavy (non-hydrogen) atoms. The number of hydrogen-bond acceptors (Lipinski definition) is 5. The van der Waals surface area contributed by atoms with Gasteiger partial charge in [0.2, 0.25) is 0 Å². The van der Waals surface area contributed by atoms with Gasteiger partial charge in [0.05, 0.1) is 17.8 Å². The topological polar surface area (TPSA) is 110 Å². The first-order chi connectivity index (χ1) is 8.58. The lowest BCUT2D eigenvalue weighted by Crippen LogP contribution is -2.28. The molecule has 0 aliphatic rings. The molecule has 0 aliphatic carbocycles. The average Bonchev–Trinajstić information content (AvgIpc) is 2.85. The number of aromatic amines is 1. The van der Waals surface area contributed by atoms with Crippen LogP contribution >= 0.6 is 0 Å². The summed E-state index contributed by atoms with van der Waals surface area (Å²) in [4.78, 5) is 19.3. The lowest BCUT2D eigenvalue weighted by Gasteiger charge is -2.11. The van der Waals surface area contributed by atoms with E-state index in [4.69, 9.17) is 5.73 Å². The highest BCUT2D eigenvalue weighted by atomic mass is 19.1. The molecule has 0 spiro atoms. The molecule has 0 saturated heterocycles. The summed E-state index contributed by atoms with van der Waals surface area (Å²) in [5, 5.41) is 8.90. The fourth-order valence-corrected chi connectivity index (χ4v) is 1.40. The number of hydrogen-bond donors (Lipinski definition) is 3. The van der Waals surface area contributed by atoms with Crippen molar-refractivity contribution in [1.29, 1.82) is 0 Å². The van der Waals surface area contributed by atoms with Crippen molar-refractivity contribution in [2.45, 2.75) is 13.0 Å². The first-order valence-corrected chi connectivity index (χ1v) is 5.15. The molecule has 2 heterocycles. The lowest BCUT2D eigenvalue weighted by atomic mass is 10.2. The predicted octanol–water partition coefficient (Wildman–Crippen LogP) is 0.412. The van der Waals surface area contributed by atoms with E-state index in [2.05, 4.69) is 25.5 Å². The van der Waals surface area contributed by atoms with E-state index in [9.17, 15) is 9.18 Å². The molecule has 2 rings (SSSR count). The Morgan fingerprint density at radius 3 is 3.00 bits per heavy atom. The van der Waals surface area contributed by atoms with Gasteiger partial charge in [-0.2, -0.15) is 5.10 Å². The molecule has 0 fully saturated rings. The smallest absolute Gasteiger partial charge is 0.255 e. The molecule has 0 aromatic carbocycles. The van der Waals surface area contributed by atoms with E-state index in [1.54, 1.807) is 6.92 Å². The van der Waals surface area contributed by atoms with Crippen LogP contribution in [-0.2, 0) is 0 Å². The molecule has 0 aliphatic heterocycles. The number of amides is 1. The van der Waals surface area contributed by atoms with Crippen molar-refractivity contribution in [3.8, 4) is 0 Å². The Kier molecular flexibility index (Phi) is 3.18. The molecule has 1 atom stereocenters. The summed E-state index contributed by atoms with van der Waals surface area (Å²) in [6, 6.07) is 0.632. The second-order valence-electron chi connectivity index (χ2n) is 3.65. The van der Waals surface area contributed by atoms with E-state index in [0.29, 0.717) is 5.82 Å². The van der Waals surface area contributed by atoms with Crippen LogP contribution in [0.15, 0.2) is 18.6 Å². The zero-order chi connectivity index (χ0) is 13.1. The molecule has 2 aromatic rings. The highest BCUT2D eigenvalue weighted by molar-refractivity contribution is 5.98. The number of nitrogen functional groups attached to an aromatic ring is 1. The molecule has 1 amide bonds. The summed E-state index contributed by atoms with van der Waals surface area (Å²) >= 11 is 0. The number of carbonyl (C=O) groups excluding carboxylic acids is 1. The van der Waals surface area contributed by atoms with Crippen molar-refractivity contribution < 1.29 is 9.18 Å². The van der Waals surface area contributed by atoms with Gasteiger partial charge in [-0.05, 0) is 13.0 Å². The van der Waals surface area contributed by atoms with Crippen LogP contribution in [0.2, 0.25) is 0 Å². The third kappa shape index (κ3) is 2.42. The van der Waals surface area contributed by atoms with Crippen LogP contribution in [0.5, 0.6) is 0 Å². The van der Waals surface area contributed by atoms with Crippen LogP contribution in [0.4, 0.5) is 10.2 Å². The summed E-state index contributed by atoms with van der Waals surface area (Å²) in [7, 11) is 0. The highest BCUT2D eigenvalue weighted by Gasteiger charge is 2.16. The van der Waals surface area contributed by atoms with Crippen molar-refractivity contribution >= 4 is 11.7 Å². The fourth-order valence-electron chi connectivity index (χ4n) is 1.40. The van der Waals surface area contributed by atoms with Crippen LogP contribution in [0.3, 0.4) is 0 Å². The van der Waals surface area contributed by atoms with Crippen LogP contribution < -0.4 is 11.1 Å². The van der Waals surface area contributed by atoms with Gasteiger partial charge < -0.3 is 11.1 Å². The zero-order valence-electron chi connectivity index (χ0n) is 9.51. The number of rotatable bonds is 3. The molecular weight excluding hydrogens is 239 g/mol. The van der Waals surface area contributed by atoms with Gasteiger partial charge in [-0.1, -0.05) is 0 Å². The molecule has 0 radical (unpaired) electrons. The minimum absolute atomic E-state index is 0.0126.